The van der Waals surface area contributed by atoms with Crippen molar-refractivity contribution < 1.29 is 13.9 Å². The van der Waals surface area contributed by atoms with E-state index in [0.717, 1.165) is 82.5 Å². The van der Waals surface area contributed by atoms with E-state index in [-0.39, 0.29) is 29.8 Å². The van der Waals surface area contributed by atoms with Gasteiger partial charge in [0, 0.05) is 59.2 Å². The fourth-order valence-electron chi connectivity index (χ4n) is 3.31. The first-order valence-electron chi connectivity index (χ1n) is 10.6. The van der Waals surface area contributed by atoms with Crippen molar-refractivity contribution in [3.63, 3.8) is 0 Å². The van der Waals surface area contributed by atoms with Gasteiger partial charge in [0.05, 0.1) is 11.4 Å². The van der Waals surface area contributed by atoms with Crippen LogP contribution in [0.4, 0.5) is 4.39 Å². The number of hydrogen-bond acceptors (Lipinski definition) is 4. The van der Waals surface area contributed by atoms with E-state index in [2.05, 4.69) is 20.7 Å². The highest BCUT2D eigenvalue weighted by Crippen LogP contribution is 2.14. The van der Waals surface area contributed by atoms with Gasteiger partial charge < -0.3 is 20.1 Å². The van der Waals surface area contributed by atoms with E-state index in [9.17, 15) is 4.39 Å². The lowest BCUT2D eigenvalue weighted by Crippen LogP contribution is -2.39. The number of benzene rings is 1. The second-order valence-corrected chi connectivity index (χ2v) is 7.39. The van der Waals surface area contributed by atoms with Gasteiger partial charge in [-0.25, -0.2) is 9.07 Å². The summed E-state index contributed by atoms with van der Waals surface area (Å²) in [5, 5.41) is 11.1. The summed E-state index contributed by atoms with van der Waals surface area (Å²) in [5.41, 5.74) is 1.80. The van der Waals surface area contributed by atoms with E-state index in [1.54, 1.807) is 23.9 Å². The zero-order chi connectivity index (χ0) is 21.0. The SMILES string of the molecule is CN=C(NCCCOCC1CCOCC1)NCCc1ccn(-c2ccc(F)cc2)n1.I. The lowest BCUT2D eigenvalue weighted by Gasteiger charge is -2.21. The van der Waals surface area contributed by atoms with Crippen molar-refractivity contribution in [3.05, 3.63) is 48.0 Å². The Labute approximate surface area is 200 Å². The highest BCUT2D eigenvalue weighted by molar-refractivity contribution is 14.0. The highest BCUT2D eigenvalue weighted by Gasteiger charge is 2.13. The fourth-order valence-corrected chi connectivity index (χ4v) is 3.31. The van der Waals surface area contributed by atoms with Crippen LogP contribution >= 0.6 is 24.0 Å². The third-order valence-electron chi connectivity index (χ3n) is 5.08. The maximum absolute atomic E-state index is 13.0. The van der Waals surface area contributed by atoms with Gasteiger partial charge >= 0.3 is 0 Å². The van der Waals surface area contributed by atoms with Crippen LogP contribution in [-0.4, -0.2) is 62.3 Å². The predicted octanol–water partition coefficient (Wildman–Crippen LogP) is 3.17. The van der Waals surface area contributed by atoms with Gasteiger partial charge in [-0.3, -0.25) is 4.99 Å². The molecule has 0 bridgehead atoms. The lowest BCUT2D eigenvalue weighted by atomic mass is 10.0. The maximum Gasteiger partial charge on any atom is 0.190 e. The monoisotopic (exact) mass is 545 g/mol. The summed E-state index contributed by atoms with van der Waals surface area (Å²) in [7, 11) is 1.76. The molecule has 1 aromatic carbocycles. The van der Waals surface area contributed by atoms with Crippen molar-refractivity contribution in [1.29, 1.82) is 0 Å². The zero-order valence-electron chi connectivity index (χ0n) is 18.1. The van der Waals surface area contributed by atoms with Crippen LogP contribution in [-0.2, 0) is 15.9 Å². The second-order valence-electron chi connectivity index (χ2n) is 7.39. The predicted molar refractivity (Wildman–Crippen MR) is 131 cm³/mol. The van der Waals surface area contributed by atoms with Gasteiger partial charge in [-0.15, -0.1) is 24.0 Å². The van der Waals surface area contributed by atoms with Crippen LogP contribution in [0.1, 0.15) is 25.0 Å². The van der Waals surface area contributed by atoms with Crippen LogP contribution < -0.4 is 10.6 Å². The number of guanidine groups is 1. The van der Waals surface area contributed by atoms with Gasteiger partial charge in [-0.2, -0.15) is 5.10 Å². The zero-order valence-corrected chi connectivity index (χ0v) is 20.4. The average Bonchev–Trinajstić information content (AvgIpc) is 3.25. The summed E-state index contributed by atoms with van der Waals surface area (Å²) in [6.45, 7) is 4.85. The molecule has 9 heteroatoms. The Morgan fingerprint density at radius 2 is 1.94 bits per heavy atom. The molecular weight excluding hydrogens is 512 g/mol. The van der Waals surface area contributed by atoms with Gasteiger partial charge in [0.25, 0.3) is 0 Å². The van der Waals surface area contributed by atoms with Crippen LogP contribution in [0.3, 0.4) is 0 Å². The van der Waals surface area contributed by atoms with Crippen molar-refractivity contribution in [3.8, 4) is 5.69 Å². The van der Waals surface area contributed by atoms with Gasteiger partial charge in [0.1, 0.15) is 5.82 Å². The maximum atomic E-state index is 13.0. The standard InChI is InChI=1S/C22H32FN5O2.HI/c1-24-22(25-11-2-14-30-17-18-9-15-29-16-10-18)26-12-7-20-8-13-28(27-20)21-5-3-19(23)4-6-21;/h3-6,8,13,18H,2,7,9-12,14-17H2,1H3,(H2,24,25,26);1H. The van der Waals surface area contributed by atoms with Gasteiger partial charge in [-0.1, -0.05) is 0 Å². The van der Waals surface area contributed by atoms with Crippen LogP contribution in [0, 0.1) is 11.7 Å². The largest absolute Gasteiger partial charge is 0.381 e. The molecule has 1 aliphatic heterocycles. The molecule has 172 valence electrons. The van der Waals surface area contributed by atoms with E-state index in [4.69, 9.17) is 9.47 Å². The summed E-state index contributed by atoms with van der Waals surface area (Å²) in [6, 6.07) is 8.26. The first kappa shape index (κ1) is 25.5. The number of nitrogens with zero attached hydrogens (tertiary/aromatic N) is 3. The number of aromatic nitrogens is 2. The molecule has 1 fully saturated rings. The summed E-state index contributed by atoms with van der Waals surface area (Å²) in [5.74, 6) is 1.17. The molecule has 0 unspecified atom stereocenters. The van der Waals surface area contributed by atoms with Crippen molar-refractivity contribution in [1.82, 2.24) is 20.4 Å². The minimum Gasteiger partial charge on any atom is -0.381 e. The summed E-state index contributed by atoms with van der Waals surface area (Å²) in [6.07, 6.45) is 5.80. The number of halogens is 2. The lowest BCUT2D eigenvalue weighted by molar-refractivity contribution is 0.0203. The van der Waals surface area contributed by atoms with E-state index in [1.165, 1.54) is 12.1 Å². The number of ether oxygens (including phenoxy) is 2. The van der Waals surface area contributed by atoms with Gasteiger partial charge in [-0.05, 0) is 55.5 Å². The minimum atomic E-state index is -0.250. The van der Waals surface area contributed by atoms with Crippen molar-refractivity contribution >= 4 is 29.9 Å². The molecule has 0 aliphatic carbocycles. The van der Waals surface area contributed by atoms with Gasteiger partial charge in [0.2, 0.25) is 0 Å². The molecule has 2 aromatic rings. The minimum absolute atomic E-state index is 0. The number of nitrogens with one attached hydrogen (secondary N) is 2. The molecule has 0 spiro atoms. The summed E-state index contributed by atoms with van der Waals surface area (Å²) < 4.78 is 25.9. The van der Waals surface area contributed by atoms with Crippen molar-refractivity contribution in [2.24, 2.45) is 10.9 Å². The van der Waals surface area contributed by atoms with Crippen LogP contribution in [0.5, 0.6) is 0 Å². The number of aliphatic imine (C=N–C) groups is 1. The van der Waals surface area contributed by atoms with Crippen LogP contribution in [0.2, 0.25) is 0 Å². The number of hydrogen-bond donors (Lipinski definition) is 2. The third-order valence-corrected chi connectivity index (χ3v) is 5.08. The Morgan fingerprint density at radius 3 is 2.68 bits per heavy atom. The van der Waals surface area contributed by atoms with E-state index in [1.807, 2.05) is 12.3 Å². The topological polar surface area (TPSA) is 72.7 Å². The molecule has 0 amide bonds. The van der Waals surface area contributed by atoms with Crippen molar-refractivity contribution in [2.75, 3.05) is 46.6 Å². The highest BCUT2D eigenvalue weighted by atomic mass is 127. The number of rotatable bonds is 10. The Morgan fingerprint density at radius 1 is 1.19 bits per heavy atom. The summed E-state index contributed by atoms with van der Waals surface area (Å²) >= 11 is 0. The molecule has 1 aliphatic rings. The fraction of sp³-hybridized carbons (Fsp3) is 0.545. The molecule has 2 heterocycles. The van der Waals surface area contributed by atoms with Crippen LogP contribution in [0.25, 0.3) is 5.69 Å². The molecule has 1 saturated heterocycles. The van der Waals surface area contributed by atoms with E-state index < -0.39 is 0 Å². The van der Waals surface area contributed by atoms with E-state index in [0.29, 0.717) is 5.92 Å². The molecule has 1 aromatic heterocycles. The smallest absolute Gasteiger partial charge is 0.190 e. The van der Waals surface area contributed by atoms with Crippen molar-refractivity contribution in [2.45, 2.75) is 25.7 Å². The van der Waals surface area contributed by atoms with Crippen LogP contribution in [0.15, 0.2) is 41.5 Å². The normalized spacial score (nSPS) is 14.8. The Hall–Kier alpha value is -1.72. The molecule has 3 rings (SSSR count). The molecule has 0 saturated carbocycles. The molecular formula is C22H33FIN5O2. The Bertz CT molecular complexity index is 778. The molecule has 2 N–H and O–H groups in total. The molecule has 0 atom stereocenters. The first-order valence-corrected chi connectivity index (χ1v) is 10.6. The average molecular weight is 545 g/mol. The first-order chi connectivity index (χ1) is 14.7. The Kier molecular flexibility index (Phi) is 11.8. The van der Waals surface area contributed by atoms with E-state index >= 15 is 0 Å². The Balaban J connectivity index is 0.00000341. The molecule has 31 heavy (non-hydrogen) atoms. The molecule has 7 nitrogen and oxygen atoms in total. The third kappa shape index (κ3) is 9.12. The second kappa shape index (κ2) is 14.4. The molecule has 0 radical (unpaired) electrons. The summed E-state index contributed by atoms with van der Waals surface area (Å²) in [4.78, 5) is 4.25. The quantitative estimate of drug-likeness (QED) is 0.208. The van der Waals surface area contributed by atoms with Gasteiger partial charge in [0.15, 0.2) is 5.96 Å².